The van der Waals surface area contributed by atoms with Crippen molar-refractivity contribution in [3.05, 3.63) is 17.7 Å². The summed E-state index contributed by atoms with van der Waals surface area (Å²) in [5.74, 6) is 1.27. The molecule has 0 spiro atoms. The molecule has 2 rings (SSSR count). The van der Waals surface area contributed by atoms with Crippen molar-refractivity contribution in [2.24, 2.45) is 0 Å². The summed E-state index contributed by atoms with van der Waals surface area (Å²) in [4.78, 5) is 14.7. The van der Waals surface area contributed by atoms with Gasteiger partial charge in [0, 0.05) is 13.1 Å². The Morgan fingerprint density at radius 1 is 1.09 bits per heavy atom. The van der Waals surface area contributed by atoms with E-state index < -0.39 is 0 Å². The minimum absolute atomic E-state index is 0.154. The third-order valence-electron chi connectivity index (χ3n) is 3.81. The van der Waals surface area contributed by atoms with Gasteiger partial charge < -0.3 is 14.2 Å². The fraction of sp³-hybridized carbons (Fsp3) is 0.533. The second-order valence-electron chi connectivity index (χ2n) is 5.27. The first-order valence-corrected chi connectivity index (χ1v) is 7.23. The third kappa shape index (κ3) is 3.61. The van der Waals surface area contributed by atoms with Gasteiger partial charge in [0.05, 0.1) is 26.9 Å². The SMILES string of the molecule is COc1cc(C(=O)N[NH+]2CCN(C)CC2)cc(OC)c1OC. The van der Waals surface area contributed by atoms with Gasteiger partial charge in [-0.3, -0.25) is 9.69 Å². The van der Waals surface area contributed by atoms with Crippen molar-refractivity contribution >= 4 is 5.91 Å². The third-order valence-corrected chi connectivity index (χ3v) is 3.81. The molecule has 1 aromatic carbocycles. The number of likely N-dealkylation sites (N-methyl/N-ethyl adjacent to an activating group) is 1. The van der Waals surface area contributed by atoms with Gasteiger partial charge in [0.15, 0.2) is 11.5 Å². The summed E-state index contributed by atoms with van der Waals surface area (Å²) in [5.41, 5.74) is 3.48. The number of amides is 1. The number of carbonyl (C=O) groups excluding carboxylic acids is 1. The summed E-state index contributed by atoms with van der Waals surface area (Å²) < 4.78 is 15.8. The molecule has 1 saturated heterocycles. The number of ether oxygens (including phenoxy) is 3. The zero-order valence-corrected chi connectivity index (χ0v) is 13.6. The average Bonchev–Trinajstić information content (AvgIpc) is 2.55. The number of carbonyl (C=O) groups is 1. The standard InChI is InChI=1S/C15H23N3O4/c1-17-5-7-18(8-6-17)16-15(19)11-9-12(20-2)14(22-4)13(10-11)21-3/h9-10H,5-8H2,1-4H3,(H,16,19)/p+1. The topological polar surface area (TPSA) is 64.5 Å². The molecule has 122 valence electrons. The maximum absolute atomic E-state index is 12.4. The monoisotopic (exact) mass is 310 g/mol. The van der Waals surface area contributed by atoms with Crippen molar-refractivity contribution in [3.63, 3.8) is 0 Å². The second kappa shape index (κ2) is 7.33. The van der Waals surface area contributed by atoms with Gasteiger partial charge in [-0.25, -0.2) is 5.01 Å². The lowest BCUT2D eigenvalue weighted by Gasteiger charge is -2.29. The lowest BCUT2D eigenvalue weighted by atomic mass is 10.1. The molecular formula is C15H24N3O4+. The molecule has 0 radical (unpaired) electrons. The highest BCUT2D eigenvalue weighted by molar-refractivity contribution is 5.94. The maximum Gasteiger partial charge on any atom is 0.296 e. The largest absolute Gasteiger partial charge is 0.493 e. The molecule has 1 heterocycles. The molecule has 7 heteroatoms. The number of hydrogen-bond donors (Lipinski definition) is 2. The Bertz CT molecular complexity index is 503. The van der Waals surface area contributed by atoms with Crippen LogP contribution in [0.15, 0.2) is 12.1 Å². The number of nitrogens with zero attached hydrogens (tertiary/aromatic N) is 1. The van der Waals surface area contributed by atoms with Crippen LogP contribution in [0.5, 0.6) is 17.2 Å². The highest BCUT2D eigenvalue weighted by Crippen LogP contribution is 2.38. The van der Waals surface area contributed by atoms with Crippen LogP contribution in [0.2, 0.25) is 0 Å². The van der Waals surface area contributed by atoms with Gasteiger partial charge in [-0.2, -0.15) is 5.43 Å². The van der Waals surface area contributed by atoms with Crippen LogP contribution in [0.25, 0.3) is 0 Å². The van der Waals surface area contributed by atoms with Gasteiger partial charge in [0.1, 0.15) is 13.1 Å². The summed E-state index contributed by atoms with van der Waals surface area (Å²) in [6.07, 6.45) is 0. The molecule has 1 aliphatic rings. The van der Waals surface area contributed by atoms with E-state index >= 15 is 0 Å². The van der Waals surface area contributed by atoms with Gasteiger partial charge in [-0.05, 0) is 19.2 Å². The van der Waals surface area contributed by atoms with Crippen LogP contribution in [0.1, 0.15) is 10.4 Å². The fourth-order valence-corrected chi connectivity index (χ4v) is 2.46. The first-order chi connectivity index (χ1) is 10.6. The molecule has 1 fully saturated rings. The maximum atomic E-state index is 12.4. The van der Waals surface area contributed by atoms with E-state index in [9.17, 15) is 4.79 Å². The van der Waals surface area contributed by atoms with Gasteiger partial charge in [-0.15, -0.1) is 0 Å². The van der Waals surface area contributed by atoms with Crippen molar-refractivity contribution in [2.75, 3.05) is 54.6 Å². The Morgan fingerprint density at radius 2 is 1.64 bits per heavy atom. The summed E-state index contributed by atoms with van der Waals surface area (Å²) in [5, 5.41) is 1.07. The van der Waals surface area contributed by atoms with E-state index in [0.29, 0.717) is 22.8 Å². The lowest BCUT2D eigenvalue weighted by Crippen LogP contribution is -3.21. The van der Waals surface area contributed by atoms with Gasteiger partial charge in [0.25, 0.3) is 5.91 Å². The number of piperazine rings is 1. The first kappa shape index (κ1) is 16.4. The number of hydrogen-bond acceptors (Lipinski definition) is 5. The van der Waals surface area contributed by atoms with E-state index in [0.717, 1.165) is 31.2 Å². The zero-order valence-electron chi connectivity index (χ0n) is 13.6. The average molecular weight is 310 g/mol. The quantitative estimate of drug-likeness (QED) is 0.745. The molecule has 0 atom stereocenters. The fourth-order valence-electron chi connectivity index (χ4n) is 2.46. The number of quaternary nitrogens is 1. The van der Waals surface area contributed by atoms with Crippen LogP contribution >= 0.6 is 0 Å². The zero-order chi connectivity index (χ0) is 16.1. The molecule has 2 N–H and O–H groups in total. The van der Waals surface area contributed by atoms with Crippen LogP contribution in [-0.4, -0.2) is 65.4 Å². The molecule has 0 bridgehead atoms. The van der Waals surface area contributed by atoms with Gasteiger partial charge >= 0.3 is 0 Å². The number of rotatable bonds is 5. The minimum Gasteiger partial charge on any atom is -0.493 e. The van der Waals surface area contributed by atoms with Crippen molar-refractivity contribution in [2.45, 2.75) is 0 Å². The van der Waals surface area contributed by atoms with E-state index in [1.165, 1.54) is 21.3 Å². The van der Waals surface area contributed by atoms with Crippen molar-refractivity contribution in [3.8, 4) is 17.2 Å². The molecular weight excluding hydrogens is 286 g/mol. The van der Waals surface area contributed by atoms with Crippen LogP contribution in [0, 0.1) is 0 Å². The summed E-state index contributed by atoms with van der Waals surface area (Å²) in [6, 6.07) is 3.32. The van der Waals surface area contributed by atoms with E-state index in [1.54, 1.807) is 12.1 Å². The highest BCUT2D eigenvalue weighted by atomic mass is 16.5. The normalized spacial score (nSPS) is 16.2. The smallest absolute Gasteiger partial charge is 0.296 e. The summed E-state index contributed by atoms with van der Waals surface area (Å²) in [6.45, 7) is 3.69. The van der Waals surface area contributed by atoms with Crippen LogP contribution in [-0.2, 0) is 0 Å². The Balaban J connectivity index is 2.15. The highest BCUT2D eigenvalue weighted by Gasteiger charge is 2.22. The summed E-state index contributed by atoms with van der Waals surface area (Å²) >= 11 is 0. The molecule has 0 unspecified atom stereocenters. The van der Waals surface area contributed by atoms with E-state index in [4.69, 9.17) is 14.2 Å². The summed E-state index contributed by atoms with van der Waals surface area (Å²) in [7, 11) is 6.68. The molecule has 22 heavy (non-hydrogen) atoms. The molecule has 0 saturated carbocycles. The first-order valence-electron chi connectivity index (χ1n) is 7.23. The second-order valence-corrected chi connectivity index (χ2v) is 5.27. The molecule has 1 aromatic rings. The van der Waals surface area contributed by atoms with Gasteiger partial charge in [-0.1, -0.05) is 0 Å². The Hall–Kier alpha value is -1.99. The predicted octanol–water partition coefficient (Wildman–Crippen LogP) is -0.812. The van der Waals surface area contributed by atoms with Crippen molar-refractivity contribution in [1.29, 1.82) is 0 Å². The molecule has 0 aliphatic carbocycles. The minimum atomic E-state index is -0.154. The Morgan fingerprint density at radius 3 is 2.09 bits per heavy atom. The number of nitrogens with one attached hydrogen (secondary N) is 2. The van der Waals surface area contributed by atoms with Crippen molar-refractivity contribution in [1.82, 2.24) is 10.3 Å². The van der Waals surface area contributed by atoms with Crippen LogP contribution < -0.4 is 24.6 Å². The number of methoxy groups -OCH3 is 3. The molecule has 1 aliphatic heterocycles. The molecule has 1 amide bonds. The predicted molar refractivity (Wildman–Crippen MR) is 81.8 cm³/mol. The lowest BCUT2D eigenvalue weighted by molar-refractivity contribution is -0.939. The van der Waals surface area contributed by atoms with E-state index in [2.05, 4.69) is 17.4 Å². The Kier molecular flexibility index (Phi) is 5.46. The van der Waals surface area contributed by atoms with Crippen molar-refractivity contribution < 1.29 is 24.0 Å². The Labute approximate surface area is 130 Å². The van der Waals surface area contributed by atoms with Gasteiger partial charge in [0.2, 0.25) is 5.75 Å². The number of benzene rings is 1. The van der Waals surface area contributed by atoms with E-state index in [-0.39, 0.29) is 5.91 Å². The molecule has 7 nitrogen and oxygen atoms in total. The van der Waals surface area contributed by atoms with Crippen LogP contribution in [0.3, 0.4) is 0 Å². The van der Waals surface area contributed by atoms with Crippen LogP contribution in [0.4, 0.5) is 0 Å². The van der Waals surface area contributed by atoms with E-state index in [1.807, 2.05) is 0 Å². The molecule has 0 aromatic heterocycles.